The molecule has 0 spiro atoms. The van der Waals surface area contributed by atoms with Gasteiger partial charge in [0.2, 0.25) is 0 Å². The van der Waals surface area contributed by atoms with Gasteiger partial charge in [-0.05, 0) is 110 Å². The van der Waals surface area contributed by atoms with Crippen molar-refractivity contribution < 1.29 is 9.18 Å². The lowest BCUT2D eigenvalue weighted by molar-refractivity contribution is -0.146. The van der Waals surface area contributed by atoms with Crippen molar-refractivity contribution in [3.8, 4) is 0 Å². The molecule has 4 aliphatic rings. The summed E-state index contributed by atoms with van der Waals surface area (Å²) in [4.78, 5) is 13.2. The lowest BCUT2D eigenvalue weighted by Crippen LogP contribution is -2.56. The summed E-state index contributed by atoms with van der Waals surface area (Å²) in [6.45, 7) is 6.73. The minimum absolute atomic E-state index is 0.0192. The molecule has 5 rings (SSSR count). The quantitative estimate of drug-likeness (QED) is 0.744. The Hall–Kier alpha value is -1.33. The average molecular weight is 403 g/mol. The smallest absolute Gasteiger partial charge is 0.158 e. The van der Waals surface area contributed by atoms with Crippen LogP contribution in [0.4, 0.5) is 4.39 Å². The Morgan fingerprint density at radius 1 is 1.14 bits per heavy atom. The predicted octanol–water partition coefficient (Wildman–Crippen LogP) is 4.55. The number of alkyl halides is 1. The van der Waals surface area contributed by atoms with E-state index in [1.54, 1.807) is 4.68 Å². The molecule has 8 atom stereocenters. The maximum atomic E-state index is 16.4. The zero-order chi connectivity index (χ0) is 20.4. The summed E-state index contributed by atoms with van der Waals surface area (Å²) in [6.07, 6.45) is 9.11. The van der Waals surface area contributed by atoms with E-state index in [0.29, 0.717) is 23.6 Å². The molecule has 6 heteroatoms. The van der Waals surface area contributed by atoms with E-state index in [9.17, 15) is 4.79 Å². The van der Waals surface area contributed by atoms with Gasteiger partial charge >= 0.3 is 0 Å². The van der Waals surface area contributed by atoms with Crippen LogP contribution < -0.4 is 0 Å². The maximum absolute atomic E-state index is 16.4. The van der Waals surface area contributed by atoms with Crippen molar-refractivity contribution in [3.05, 3.63) is 5.82 Å². The molecule has 1 aromatic heterocycles. The molecule has 2 unspecified atom stereocenters. The zero-order valence-electron chi connectivity index (χ0n) is 18.1. The molecule has 1 aromatic rings. The molecule has 29 heavy (non-hydrogen) atoms. The normalized spacial score (nSPS) is 46.6. The van der Waals surface area contributed by atoms with Gasteiger partial charge in [-0.2, -0.15) is 0 Å². The van der Waals surface area contributed by atoms with Crippen molar-refractivity contribution in [2.24, 2.45) is 40.9 Å². The van der Waals surface area contributed by atoms with Crippen LogP contribution in [0.5, 0.6) is 0 Å². The van der Waals surface area contributed by atoms with E-state index in [-0.39, 0.29) is 35.5 Å². The third-order valence-corrected chi connectivity index (χ3v) is 9.69. The van der Waals surface area contributed by atoms with Gasteiger partial charge in [0.1, 0.15) is 18.0 Å². The van der Waals surface area contributed by atoms with Crippen molar-refractivity contribution in [1.82, 2.24) is 20.2 Å². The Morgan fingerprint density at radius 2 is 1.97 bits per heavy atom. The number of ketones is 1. The highest BCUT2D eigenvalue weighted by Crippen LogP contribution is 2.66. The molecular weight excluding hydrogens is 367 g/mol. The van der Waals surface area contributed by atoms with E-state index in [0.717, 1.165) is 51.4 Å². The first-order valence-corrected chi connectivity index (χ1v) is 11.8. The van der Waals surface area contributed by atoms with E-state index in [1.807, 2.05) is 6.92 Å². The Bertz CT molecular complexity index is 796. The lowest BCUT2D eigenvalue weighted by atomic mass is 9.48. The van der Waals surface area contributed by atoms with Crippen LogP contribution in [0.2, 0.25) is 0 Å². The van der Waals surface area contributed by atoms with Crippen LogP contribution in [0, 0.1) is 47.8 Å². The van der Waals surface area contributed by atoms with E-state index in [1.165, 1.54) is 6.42 Å². The molecule has 1 heterocycles. The van der Waals surface area contributed by atoms with Gasteiger partial charge in [0.15, 0.2) is 5.78 Å². The molecule has 4 saturated carbocycles. The standard InChI is InChI=1S/C23H35FN4O/c1-14-8-11-23(24)16(12-14)4-5-17-18-6-7-20(22(18,3)10-9-19(17)23)21(29)13-28-15(2)25-26-27-28/h14,16-20H,4-13H2,1-3H3/t14-,16+,17-,18?,19?,20+,22-,23+/m0/s1. The summed E-state index contributed by atoms with van der Waals surface area (Å²) in [7, 11) is 0. The second-order valence-corrected chi connectivity index (χ2v) is 11.0. The summed E-state index contributed by atoms with van der Waals surface area (Å²) in [5.41, 5.74) is -0.923. The number of Topliss-reactive ketones (excluding diaryl/α,β-unsaturated/α-hetero) is 1. The van der Waals surface area contributed by atoms with Gasteiger partial charge < -0.3 is 0 Å². The highest BCUT2D eigenvalue weighted by molar-refractivity contribution is 5.82. The van der Waals surface area contributed by atoms with Gasteiger partial charge in [-0.15, -0.1) is 5.10 Å². The van der Waals surface area contributed by atoms with Gasteiger partial charge in [-0.1, -0.05) is 13.8 Å². The first-order valence-electron chi connectivity index (χ1n) is 11.8. The van der Waals surface area contributed by atoms with Crippen LogP contribution in [-0.4, -0.2) is 31.7 Å². The summed E-state index contributed by atoms with van der Waals surface area (Å²) in [5.74, 6) is 3.16. The zero-order valence-corrected chi connectivity index (χ0v) is 18.1. The number of fused-ring (bicyclic) bond motifs is 5. The van der Waals surface area contributed by atoms with Crippen molar-refractivity contribution in [2.45, 2.75) is 90.8 Å². The Balaban J connectivity index is 1.36. The van der Waals surface area contributed by atoms with Gasteiger partial charge in [-0.25, -0.2) is 9.07 Å². The molecule has 4 aliphatic carbocycles. The summed E-state index contributed by atoms with van der Waals surface area (Å²) in [6, 6.07) is 0. The Labute approximate surface area is 173 Å². The number of halogens is 1. The van der Waals surface area contributed by atoms with E-state index in [2.05, 4.69) is 29.4 Å². The summed E-state index contributed by atoms with van der Waals surface area (Å²) >= 11 is 0. The van der Waals surface area contributed by atoms with Gasteiger partial charge in [0.25, 0.3) is 0 Å². The highest BCUT2D eigenvalue weighted by Gasteiger charge is 2.62. The largest absolute Gasteiger partial charge is 0.297 e. The maximum Gasteiger partial charge on any atom is 0.158 e. The van der Waals surface area contributed by atoms with Gasteiger partial charge in [-0.3, -0.25) is 4.79 Å². The summed E-state index contributed by atoms with van der Waals surface area (Å²) in [5, 5.41) is 11.5. The third kappa shape index (κ3) is 2.91. The van der Waals surface area contributed by atoms with Gasteiger partial charge in [0.05, 0.1) is 0 Å². The first kappa shape index (κ1) is 19.6. The fourth-order valence-corrected chi connectivity index (χ4v) is 8.18. The van der Waals surface area contributed by atoms with E-state index in [4.69, 9.17) is 0 Å². The first-order chi connectivity index (χ1) is 13.8. The van der Waals surface area contributed by atoms with Gasteiger partial charge in [0, 0.05) is 5.92 Å². The number of aryl methyl sites for hydroxylation is 1. The number of hydrogen-bond acceptors (Lipinski definition) is 4. The number of carbonyl (C=O) groups excluding carboxylic acids is 1. The second-order valence-electron chi connectivity index (χ2n) is 11.0. The van der Waals surface area contributed by atoms with Crippen LogP contribution >= 0.6 is 0 Å². The molecule has 0 bridgehead atoms. The van der Waals surface area contributed by atoms with Crippen LogP contribution in [0.1, 0.15) is 77.5 Å². The number of rotatable bonds is 3. The number of aromatic nitrogens is 4. The SMILES string of the molecule is Cc1nnnn1CC(=O)[C@H]1CCC2[C@@H]3CC[C@@H]4C[C@@H](C)CC[C@]4(F)C3CC[C@@]21C. The van der Waals surface area contributed by atoms with Crippen molar-refractivity contribution in [2.75, 3.05) is 0 Å². The molecular formula is C23H35FN4O. The molecule has 160 valence electrons. The third-order valence-electron chi connectivity index (χ3n) is 9.69. The minimum Gasteiger partial charge on any atom is -0.297 e. The van der Waals surface area contributed by atoms with E-state index >= 15 is 4.39 Å². The van der Waals surface area contributed by atoms with Crippen molar-refractivity contribution in [3.63, 3.8) is 0 Å². The predicted molar refractivity (Wildman–Crippen MR) is 108 cm³/mol. The van der Waals surface area contributed by atoms with Crippen LogP contribution in [0.3, 0.4) is 0 Å². The Morgan fingerprint density at radius 3 is 2.72 bits per heavy atom. The number of carbonyl (C=O) groups is 1. The van der Waals surface area contributed by atoms with Crippen LogP contribution in [-0.2, 0) is 11.3 Å². The van der Waals surface area contributed by atoms with Crippen molar-refractivity contribution >= 4 is 5.78 Å². The van der Waals surface area contributed by atoms with Crippen LogP contribution in [0.15, 0.2) is 0 Å². The number of nitrogens with zero attached hydrogens (tertiary/aromatic N) is 4. The minimum atomic E-state index is -0.942. The van der Waals surface area contributed by atoms with E-state index < -0.39 is 5.67 Å². The number of tetrazole rings is 1. The topological polar surface area (TPSA) is 60.7 Å². The molecule has 4 fully saturated rings. The number of hydrogen-bond donors (Lipinski definition) is 0. The molecule has 0 aromatic carbocycles. The molecule has 5 nitrogen and oxygen atoms in total. The fourth-order valence-electron chi connectivity index (χ4n) is 8.18. The molecule has 0 aliphatic heterocycles. The Kier molecular flexibility index (Phi) is 4.63. The molecule has 0 amide bonds. The monoisotopic (exact) mass is 402 g/mol. The molecule has 0 radical (unpaired) electrons. The van der Waals surface area contributed by atoms with Crippen molar-refractivity contribution in [1.29, 1.82) is 0 Å². The fraction of sp³-hybridized carbons (Fsp3) is 0.913. The average Bonchev–Trinajstić information content (AvgIpc) is 3.25. The molecule has 0 saturated heterocycles. The highest BCUT2D eigenvalue weighted by atomic mass is 19.1. The summed E-state index contributed by atoms with van der Waals surface area (Å²) < 4.78 is 18.0. The molecule has 0 N–H and O–H groups in total. The second kappa shape index (κ2) is 6.84. The lowest BCUT2D eigenvalue weighted by Gasteiger charge is -2.58. The van der Waals surface area contributed by atoms with Crippen LogP contribution in [0.25, 0.3) is 0 Å².